The van der Waals surface area contributed by atoms with Crippen LogP contribution in [0.3, 0.4) is 0 Å². The largest absolute Gasteiger partial charge is 0.349 e. The van der Waals surface area contributed by atoms with Crippen molar-refractivity contribution in [2.45, 2.75) is 30.7 Å². The van der Waals surface area contributed by atoms with Crippen LogP contribution in [-0.4, -0.2) is 46.5 Å². The first-order chi connectivity index (χ1) is 15.3. The zero-order chi connectivity index (χ0) is 22.7. The molecule has 10 heteroatoms. The second-order valence-corrected chi connectivity index (χ2v) is 9.73. The van der Waals surface area contributed by atoms with Crippen LogP contribution in [0.2, 0.25) is 0 Å². The number of carbonyl (C=O) groups excluding carboxylic acids is 1. The van der Waals surface area contributed by atoms with Crippen molar-refractivity contribution in [2.75, 3.05) is 13.1 Å². The number of benzene rings is 2. The van der Waals surface area contributed by atoms with Gasteiger partial charge in [-0.05, 0) is 61.7 Å². The maximum atomic E-state index is 13.1. The molecule has 32 heavy (non-hydrogen) atoms. The summed E-state index contributed by atoms with van der Waals surface area (Å²) >= 11 is 0. The lowest BCUT2D eigenvalue weighted by molar-refractivity contribution is -0.126. The molecular formula is C22H24FN5O3S. The molecule has 168 valence electrons. The van der Waals surface area contributed by atoms with Gasteiger partial charge in [0, 0.05) is 19.0 Å². The number of hydrogen-bond acceptors (Lipinski definition) is 5. The lowest BCUT2D eigenvalue weighted by atomic mass is 9.96. The summed E-state index contributed by atoms with van der Waals surface area (Å²) in [5.41, 5.74) is 1.83. The molecule has 8 nitrogen and oxygen atoms in total. The van der Waals surface area contributed by atoms with Gasteiger partial charge in [-0.15, -0.1) is 0 Å². The number of piperidine rings is 1. The summed E-state index contributed by atoms with van der Waals surface area (Å²) in [7, 11) is -3.69. The van der Waals surface area contributed by atoms with Gasteiger partial charge in [-0.2, -0.15) is 9.40 Å². The number of amides is 1. The molecule has 0 bridgehead atoms. The van der Waals surface area contributed by atoms with Crippen LogP contribution in [-0.2, 0) is 14.8 Å². The van der Waals surface area contributed by atoms with Crippen LogP contribution < -0.4 is 5.32 Å². The topological polar surface area (TPSA) is 97.2 Å². The van der Waals surface area contributed by atoms with Gasteiger partial charge in [-0.25, -0.2) is 22.5 Å². The van der Waals surface area contributed by atoms with E-state index >= 15 is 0 Å². The predicted octanol–water partition coefficient (Wildman–Crippen LogP) is 2.68. The van der Waals surface area contributed by atoms with E-state index in [0.717, 1.165) is 23.4 Å². The molecule has 0 aliphatic carbocycles. The number of carbonyl (C=O) groups is 1. The third-order valence-corrected chi connectivity index (χ3v) is 7.62. The minimum absolute atomic E-state index is 0.0600. The molecule has 1 unspecified atom stereocenters. The van der Waals surface area contributed by atoms with E-state index in [1.54, 1.807) is 11.0 Å². The summed E-state index contributed by atoms with van der Waals surface area (Å²) in [6.45, 7) is 2.41. The smallest absolute Gasteiger partial charge is 0.243 e. The molecule has 4 rings (SSSR count). The molecule has 1 amide bonds. The highest BCUT2D eigenvalue weighted by Crippen LogP contribution is 2.25. The number of aromatic nitrogens is 3. The summed E-state index contributed by atoms with van der Waals surface area (Å²) in [4.78, 5) is 16.7. The normalized spacial score (nSPS) is 16.6. The zero-order valence-electron chi connectivity index (χ0n) is 17.6. The van der Waals surface area contributed by atoms with Gasteiger partial charge in [0.25, 0.3) is 0 Å². The van der Waals surface area contributed by atoms with Gasteiger partial charge < -0.3 is 5.32 Å². The number of nitrogens with zero attached hydrogens (tertiary/aromatic N) is 4. The van der Waals surface area contributed by atoms with E-state index in [2.05, 4.69) is 15.4 Å². The van der Waals surface area contributed by atoms with Crippen molar-refractivity contribution < 1.29 is 17.6 Å². The van der Waals surface area contributed by atoms with E-state index < -0.39 is 15.8 Å². The minimum atomic E-state index is -3.69. The molecule has 0 spiro atoms. The van der Waals surface area contributed by atoms with Crippen LogP contribution in [0.4, 0.5) is 4.39 Å². The highest BCUT2D eigenvalue weighted by Gasteiger charge is 2.32. The average Bonchev–Trinajstić information content (AvgIpc) is 3.34. The average molecular weight is 458 g/mol. The van der Waals surface area contributed by atoms with Crippen LogP contribution in [0.5, 0.6) is 0 Å². The molecule has 1 fully saturated rings. The first-order valence-electron chi connectivity index (χ1n) is 10.4. The van der Waals surface area contributed by atoms with Crippen LogP contribution in [0.1, 0.15) is 31.4 Å². The lowest BCUT2D eigenvalue weighted by Crippen LogP contribution is -2.43. The molecule has 1 aliphatic heterocycles. The summed E-state index contributed by atoms with van der Waals surface area (Å²) in [6.07, 6.45) is 3.95. The Balaban J connectivity index is 1.33. The monoisotopic (exact) mass is 457 g/mol. The molecule has 1 aliphatic rings. The molecular weight excluding hydrogens is 433 g/mol. The van der Waals surface area contributed by atoms with Gasteiger partial charge in [-0.3, -0.25) is 4.79 Å². The standard InChI is InChI=1S/C22H24FN5O3S/c1-16(17-2-6-20(7-3-17)28-15-24-14-25-28)26-22(29)18-10-12-27(13-11-18)32(30,31)21-8-4-19(23)5-9-21/h2-9,14-16,18H,10-13H2,1H3,(H,26,29). The first-order valence-corrected chi connectivity index (χ1v) is 11.8. The second-order valence-electron chi connectivity index (χ2n) is 7.79. The van der Waals surface area contributed by atoms with Crippen molar-refractivity contribution in [3.63, 3.8) is 0 Å². The SMILES string of the molecule is CC(NC(=O)C1CCN(S(=O)(=O)c2ccc(F)cc2)CC1)c1ccc(-n2cncn2)cc1. The van der Waals surface area contributed by atoms with Crippen LogP contribution in [0.15, 0.2) is 66.1 Å². The molecule has 2 aromatic carbocycles. The van der Waals surface area contributed by atoms with Crippen molar-refractivity contribution in [1.29, 1.82) is 0 Å². The van der Waals surface area contributed by atoms with Crippen molar-refractivity contribution in [1.82, 2.24) is 24.4 Å². The zero-order valence-corrected chi connectivity index (χ0v) is 18.4. The van der Waals surface area contributed by atoms with Crippen LogP contribution in [0, 0.1) is 11.7 Å². The van der Waals surface area contributed by atoms with E-state index in [1.165, 1.54) is 22.8 Å². The maximum Gasteiger partial charge on any atom is 0.243 e. The number of hydrogen-bond donors (Lipinski definition) is 1. The van der Waals surface area contributed by atoms with E-state index in [9.17, 15) is 17.6 Å². The summed E-state index contributed by atoms with van der Waals surface area (Å²) < 4.78 is 41.6. The molecule has 0 radical (unpaired) electrons. The fourth-order valence-electron chi connectivity index (χ4n) is 3.79. The summed E-state index contributed by atoms with van der Waals surface area (Å²) in [5.74, 6) is -0.829. The molecule has 1 saturated heterocycles. The number of nitrogens with one attached hydrogen (secondary N) is 1. The van der Waals surface area contributed by atoms with Crippen molar-refractivity contribution in [3.05, 3.63) is 72.6 Å². The van der Waals surface area contributed by atoms with Crippen molar-refractivity contribution in [3.8, 4) is 5.69 Å². The first kappa shape index (κ1) is 22.1. The van der Waals surface area contributed by atoms with Gasteiger partial charge in [0.1, 0.15) is 18.5 Å². The van der Waals surface area contributed by atoms with Gasteiger partial charge in [0.05, 0.1) is 16.6 Å². The lowest BCUT2D eigenvalue weighted by Gasteiger charge is -2.31. The second kappa shape index (κ2) is 9.17. The number of rotatable bonds is 6. The quantitative estimate of drug-likeness (QED) is 0.614. The maximum absolute atomic E-state index is 13.1. The van der Waals surface area contributed by atoms with Gasteiger partial charge in [-0.1, -0.05) is 12.1 Å². The Labute approximate surface area is 186 Å². The fourth-order valence-corrected chi connectivity index (χ4v) is 5.26. The molecule has 0 saturated carbocycles. The van der Waals surface area contributed by atoms with Crippen LogP contribution in [0.25, 0.3) is 5.69 Å². The van der Waals surface area contributed by atoms with Gasteiger partial charge in [0.2, 0.25) is 15.9 Å². The minimum Gasteiger partial charge on any atom is -0.349 e. The third-order valence-electron chi connectivity index (χ3n) is 5.71. The van der Waals surface area contributed by atoms with Gasteiger partial charge >= 0.3 is 0 Å². The van der Waals surface area contributed by atoms with E-state index in [4.69, 9.17) is 0 Å². The molecule has 1 aromatic heterocycles. The van der Waals surface area contributed by atoms with Crippen molar-refractivity contribution in [2.24, 2.45) is 5.92 Å². The highest BCUT2D eigenvalue weighted by atomic mass is 32.2. The third kappa shape index (κ3) is 4.71. The molecule has 1 atom stereocenters. The van der Waals surface area contributed by atoms with E-state index in [0.29, 0.717) is 12.8 Å². The van der Waals surface area contributed by atoms with Gasteiger partial charge in [0.15, 0.2) is 0 Å². The Morgan fingerprint density at radius 3 is 2.34 bits per heavy atom. The summed E-state index contributed by atoms with van der Waals surface area (Å²) in [6, 6.07) is 12.3. The molecule has 3 aromatic rings. The highest BCUT2D eigenvalue weighted by molar-refractivity contribution is 7.89. The Kier molecular flexibility index (Phi) is 6.33. The Bertz CT molecular complexity index is 1160. The summed E-state index contributed by atoms with van der Waals surface area (Å²) in [5, 5.41) is 7.12. The Morgan fingerprint density at radius 1 is 1.09 bits per heavy atom. The predicted molar refractivity (Wildman–Crippen MR) is 116 cm³/mol. The molecule has 1 N–H and O–H groups in total. The van der Waals surface area contributed by atoms with E-state index in [-0.39, 0.29) is 35.9 Å². The number of sulfonamides is 1. The Hall–Kier alpha value is -3.11. The fraction of sp³-hybridized carbons (Fsp3) is 0.318. The molecule has 2 heterocycles. The van der Waals surface area contributed by atoms with Crippen LogP contribution >= 0.6 is 0 Å². The Morgan fingerprint density at radius 2 is 1.75 bits per heavy atom. The van der Waals surface area contributed by atoms with E-state index in [1.807, 2.05) is 31.2 Å². The van der Waals surface area contributed by atoms with Crippen molar-refractivity contribution >= 4 is 15.9 Å². The number of halogens is 1.